The highest BCUT2D eigenvalue weighted by Crippen LogP contribution is 2.12. The molecule has 102 valence electrons. The standard InChI is InChI=1S/C13H18N4O2/c1-3-16(4-2)7-8-17-12-6-5-10(13(18)19)9-11(12)14-15-17/h5-6,9H,3-4,7-8H2,1-2H3,(H,18,19). The van der Waals surface area contributed by atoms with Crippen LogP contribution in [0.4, 0.5) is 0 Å². The third kappa shape index (κ3) is 2.90. The van der Waals surface area contributed by atoms with Gasteiger partial charge < -0.3 is 14.8 Å². The molecule has 1 aromatic heterocycles. The summed E-state index contributed by atoms with van der Waals surface area (Å²) < 4.78 is 1.82. The number of aromatic carboxylic acids is 1. The Bertz CT molecular complexity index is 575. The number of aromatic nitrogens is 3. The third-order valence-corrected chi connectivity index (χ3v) is 3.43. The molecule has 1 aromatic carbocycles. The van der Waals surface area contributed by atoms with Crippen molar-refractivity contribution in [2.75, 3.05) is 19.6 Å². The van der Waals surface area contributed by atoms with Crippen LogP contribution in [0.1, 0.15) is 24.2 Å². The summed E-state index contributed by atoms with van der Waals surface area (Å²) in [4.78, 5) is 12.3. The zero-order valence-electron chi connectivity index (χ0n) is 11.2. The van der Waals surface area contributed by atoms with Crippen LogP contribution in [-0.2, 0) is 6.54 Å². The number of nitrogens with zero attached hydrogens (tertiary/aromatic N) is 3. The fourth-order valence-corrected chi connectivity index (χ4v) is 2.13. The number of carbonyl (C=O) groups is 1. The van der Waals surface area contributed by atoms with Crippen molar-refractivity contribution in [1.29, 1.82) is 0 Å². The van der Waals surface area contributed by atoms with Crippen LogP contribution < -0.4 is 10.0 Å². The molecule has 0 saturated carbocycles. The van der Waals surface area contributed by atoms with Crippen molar-refractivity contribution in [3.63, 3.8) is 0 Å². The van der Waals surface area contributed by atoms with E-state index in [2.05, 4.69) is 24.2 Å². The Labute approximate surface area is 111 Å². The molecule has 0 aliphatic carbocycles. The van der Waals surface area contributed by atoms with E-state index in [4.69, 9.17) is 0 Å². The second-order valence-corrected chi connectivity index (χ2v) is 4.51. The van der Waals surface area contributed by atoms with Gasteiger partial charge in [0.25, 0.3) is 0 Å². The normalized spacial score (nSPS) is 11.3. The number of carbonyl (C=O) groups excluding carboxylic acids is 1. The maximum absolute atomic E-state index is 10.8. The van der Waals surface area contributed by atoms with Crippen LogP contribution in [0.25, 0.3) is 11.0 Å². The first-order chi connectivity index (χ1) is 9.15. The van der Waals surface area contributed by atoms with Crippen molar-refractivity contribution in [2.45, 2.75) is 20.4 Å². The predicted octanol–water partition coefficient (Wildman–Crippen LogP) is -1.28. The summed E-state index contributed by atoms with van der Waals surface area (Å²) in [6.45, 7) is 8.23. The first-order valence-electron chi connectivity index (χ1n) is 6.53. The van der Waals surface area contributed by atoms with Gasteiger partial charge >= 0.3 is 0 Å². The SMILES string of the molecule is CC[NH+](CC)CCn1nnc2cc(C(=O)[O-])ccc21. The molecule has 1 N–H and O–H groups in total. The molecule has 1 heterocycles. The Morgan fingerprint density at radius 2 is 2.11 bits per heavy atom. The van der Waals surface area contributed by atoms with Gasteiger partial charge in [-0.3, -0.25) is 0 Å². The molecular formula is C13H18N4O2. The van der Waals surface area contributed by atoms with Gasteiger partial charge in [-0.25, -0.2) is 4.68 Å². The minimum absolute atomic E-state index is 0.133. The lowest BCUT2D eigenvalue weighted by Gasteiger charge is -2.14. The second kappa shape index (κ2) is 5.79. The van der Waals surface area contributed by atoms with Gasteiger partial charge in [0, 0.05) is 0 Å². The van der Waals surface area contributed by atoms with Crippen LogP contribution in [0.5, 0.6) is 0 Å². The van der Waals surface area contributed by atoms with E-state index in [0.717, 1.165) is 31.7 Å². The van der Waals surface area contributed by atoms with Gasteiger partial charge in [0.05, 0.1) is 37.7 Å². The zero-order valence-corrected chi connectivity index (χ0v) is 11.2. The molecule has 0 fully saturated rings. The van der Waals surface area contributed by atoms with Gasteiger partial charge in [-0.15, -0.1) is 5.10 Å². The highest BCUT2D eigenvalue weighted by Gasteiger charge is 2.08. The molecule has 0 radical (unpaired) electrons. The summed E-state index contributed by atoms with van der Waals surface area (Å²) in [5.41, 5.74) is 1.58. The van der Waals surface area contributed by atoms with E-state index in [0.29, 0.717) is 5.52 Å². The lowest BCUT2D eigenvalue weighted by Crippen LogP contribution is -3.11. The van der Waals surface area contributed by atoms with Crippen LogP contribution in [-0.4, -0.2) is 40.6 Å². The van der Waals surface area contributed by atoms with Gasteiger partial charge in [0.2, 0.25) is 0 Å². The lowest BCUT2D eigenvalue weighted by molar-refractivity contribution is -0.897. The molecule has 6 heteroatoms. The fourth-order valence-electron chi connectivity index (χ4n) is 2.13. The Hall–Kier alpha value is -1.95. The number of nitrogens with one attached hydrogen (secondary N) is 1. The van der Waals surface area contributed by atoms with E-state index in [1.54, 1.807) is 6.07 Å². The number of hydrogen-bond donors (Lipinski definition) is 1. The average Bonchev–Trinajstić information content (AvgIpc) is 2.82. The summed E-state index contributed by atoms with van der Waals surface area (Å²) >= 11 is 0. The molecule has 0 amide bonds. The molecule has 0 bridgehead atoms. The van der Waals surface area contributed by atoms with Gasteiger partial charge in [0.15, 0.2) is 0 Å². The van der Waals surface area contributed by atoms with Gasteiger partial charge in [0.1, 0.15) is 5.52 Å². The topological polar surface area (TPSA) is 75.3 Å². The van der Waals surface area contributed by atoms with Crippen molar-refractivity contribution in [1.82, 2.24) is 15.0 Å². The quantitative estimate of drug-likeness (QED) is 0.703. The monoisotopic (exact) mass is 262 g/mol. The third-order valence-electron chi connectivity index (χ3n) is 3.43. The van der Waals surface area contributed by atoms with E-state index in [9.17, 15) is 9.90 Å². The Morgan fingerprint density at radius 1 is 1.37 bits per heavy atom. The Kier molecular flexibility index (Phi) is 4.11. The van der Waals surface area contributed by atoms with Crippen molar-refractivity contribution in [3.05, 3.63) is 23.8 Å². The zero-order chi connectivity index (χ0) is 13.8. The lowest BCUT2D eigenvalue weighted by atomic mass is 10.2. The fraction of sp³-hybridized carbons (Fsp3) is 0.462. The number of carboxylic acids is 1. The molecule has 6 nitrogen and oxygen atoms in total. The molecule has 0 atom stereocenters. The van der Waals surface area contributed by atoms with Gasteiger partial charge in [-0.2, -0.15) is 0 Å². The first kappa shape index (κ1) is 13.5. The molecule has 0 unspecified atom stereocenters. The minimum Gasteiger partial charge on any atom is -0.545 e. The van der Waals surface area contributed by atoms with Crippen LogP contribution in [0.2, 0.25) is 0 Å². The smallest absolute Gasteiger partial charge is 0.113 e. The molecule has 0 aliphatic heterocycles. The Morgan fingerprint density at radius 3 is 2.74 bits per heavy atom. The van der Waals surface area contributed by atoms with E-state index in [1.165, 1.54) is 17.0 Å². The van der Waals surface area contributed by atoms with Crippen molar-refractivity contribution in [2.24, 2.45) is 0 Å². The second-order valence-electron chi connectivity index (χ2n) is 4.51. The maximum atomic E-state index is 10.8. The van der Waals surface area contributed by atoms with E-state index in [1.807, 2.05) is 4.68 Å². The van der Waals surface area contributed by atoms with Crippen molar-refractivity contribution in [3.8, 4) is 0 Å². The number of likely N-dealkylation sites (N-methyl/N-ethyl adjacent to an activating group) is 1. The van der Waals surface area contributed by atoms with E-state index in [-0.39, 0.29) is 5.56 Å². The number of quaternary nitrogens is 1. The largest absolute Gasteiger partial charge is 0.545 e. The molecule has 0 aliphatic rings. The molecule has 2 aromatic rings. The first-order valence-corrected chi connectivity index (χ1v) is 6.53. The number of rotatable bonds is 6. The van der Waals surface area contributed by atoms with E-state index < -0.39 is 5.97 Å². The summed E-state index contributed by atoms with van der Waals surface area (Å²) in [6, 6.07) is 4.76. The summed E-state index contributed by atoms with van der Waals surface area (Å²) in [5, 5.41) is 18.9. The number of carboxylic acid groups (broad SMARTS) is 1. The number of fused-ring (bicyclic) bond motifs is 1. The average molecular weight is 262 g/mol. The molecule has 0 spiro atoms. The predicted molar refractivity (Wildman–Crippen MR) is 68.8 cm³/mol. The minimum atomic E-state index is -1.19. The summed E-state index contributed by atoms with van der Waals surface area (Å²) in [5.74, 6) is -1.19. The van der Waals surface area contributed by atoms with Crippen LogP contribution >= 0.6 is 0 Å². The molecular weight excluding hydrogens is 244 g/mol. The van der Waals surface area contributed by atoms with Crippen molar-refractivity contribution >= 4 is 17.0 Å². The van der Waals surface area contributed by atoms with Crippen LogP contribution in [0, 0.1) is 0 Å². The molecule has 0 saturated heterocycles. The van der Waals surface area contributed by atoms with Crippen molar-refractivity contribution < 1.29 is 14.8 Å². The van der Waals surface area contributed by atoms with Gasteiger partial charge in [-0.05, 0) is 31.5 Å². The van der Waals surface area contributed by atoms with Gasteiger partial charge in [-0.1, -0.05) is 11.3 Å². The highest BCUT2D eigenvalue weighted by atomic mass is 16.4. The van der Waals surface area contributed by atoms with E-state index >= 15 is 0 Å². The van der Waals surface area contributed by atoms with Crippen LogP contribution in [0.15, 0.2) is 18.2 Å². The highest BCUT2D eigenvalue weighted by molar-refractivity contribution is 5.90. The Balaban J connectivity index is 2.19. The molecule has 19 heavy (non-hydrogen) atoms. The van der Waals surface area contributed by atoms with Crippen LogP contribution in [0.3, 0.4) is 0 Å². The molecule has 2 rings (SSSR count). The number of benzene rings is 1. The summed E-state index contributed by atoms with van der Waals surface area (Å²) in [6.07, 6.45) is 0. The summed E-state index contributed by atoms with van der Waals surface area (Å²) in [7, 11) is 0. The maximum Gasteiger partial charge on any atom is 0.113 e. The number of hydrogen-bond acceptors (Lipinski definition) is 4.